The number of amidine groups is 1. The summed E-state index contributed by atoms with van der Waals surface area (Å²) in [6, 6.07) is 4.68. The first kappa shape index (κ1) is 15.0. The minimum absolute atomic E-state index is 0.0808. The fraction of sp³-hybridized carbons (Fsp3) is 0.562. The number of hydrogen-bond acceptors (Lipinski definition) is 2. The summed E-state index contributed by atoms with van der Waals surface area (Å²) < 4.78 is 13.6. The Labute approximate surface area is 120 Å². The van der Waals surface area contributed by atoms with Gasteiger partial charge in [0.15, 0.2) is 0 Å². The van der Waals surface area contributed by atoms with Gasteiger partial charge in [-0.15, -0.1) is 0 Å². The van der Waals surface area contributed by atoms with E-state index >= 15 is 0 Å². The molecule has 1 aliphatic heterocycles. The van der Waals surface area contributed by atoms with Crippen molar-refractivity contribution in [3.63, 3.8) is 0 Å². The van der Waals surface area contributed by atoms with Gasteiger partial charge in [-0.1, -0.05) is 13.8 Å². The van der Waals surface area contributed by atoms with Crippen LogP contribution >= 0.6 is 0 Å². The molecule has 0 atom stereocenters. The third-order valence-corrected chi connectivity index (χ3v) is 4.11. The van der Waals surface area contributed by atoms with Crippen molar-refractivity contribution < 1.29 is 4.39 Å². The van der Waals surface area contributed by atoms with Gasteiger partial charge in [-0.3, -0.25) is 10.3 Å². The topological polar surface area (TPSA) is 53.1 Å². The molecule has 1 saturated heterocycles. The van der Waals surface area contributed by atoms with Crippen LogP contribution in [0.15, 0.2) is 18.2 Å². The number of halogens is 1. The second-order valence-electron chi connectivity index (χ2n) is 6.56. The van der Waals surface area contributed by atoms with Crippen LogP contribution in [0.2, 0.25) is 0 Å². The number of nitrogens with zero attached hydrogens (tertiary/aromatic N) is 1. The van der Waals surface area contributed by atoms with Crippen molar-refractivity contribution in [2.45, 2.75) is 39.7 Å². The van der Waals surface area contributed by atoms with Gasteiger partial charge in [0, 0.05) is 12.1 Å². The van der Waals surface area contributed by atoms with Crippen LogP contribution in [-0.2, 0) is 6.54 Å². The minimum atomic E-state index is -0.317. The molecule has 20 heavy (non-hydrogen) atoms. The molecule has 1 aromatic rings. The smallest absolute Gasteiger partial charge is 0.124 e. The molecule has 0 aromatic heterocycles. The number of benzene rings is 1. The quantitative estimate of drug-likeness (QED) is 0.659. The lowest BCUT2D eigenvalue weighted by Gasteiger charge is -2.23. The highest BCUT2D eigenvalue weighted by atomic mass is 19.1. The minimum Gasteiger partial charge on any atom is -0.384 e. The predicted molar refractivity (Wildman–Crippen MR) is 80.3 cm³/mol. The fourth-order valence-electron chi connectivity index (χ4n) is 2.79. The zero-order valence-corrected chi connectivity index (χ0v) is 12.4. The monoisotopic (exact) mass is 277 g/mol. The van der Waals surface area contributed by atoms with E-state index < -0.39 is 0 Å². The number of hydrogen-bond donors (Lipinski definition) is 2. The van der Waals surface area contributed by atoms with Crippen LogP contribution in [0.3, 0.4) is 0 Å². The number of nitrogen functional groups attached to an aromatic ring is 1. The maximum atomic E-state index is 13.6. The predicted octanol–water partition coefficient (Wildman–Crippen LogP) is 3.12. The van der Waals surface area contributed by atoms with Crippen LogP contribution in [0.4, 0.5) is 4.39 Å². The largest absolute Gasteiger partial charge is 0.384 e. The molecule has 110 valence electrons. The van der Waals surface area contributed by atoms with Crippen molar-refractivity contribution in [1.29, 1.82) is 5.41 Å². The van der Waals surface area contributed by atoms with Crippen molar-refractivity contribution in [3.8, 4) is 0 Å². The van der Waals surface area contributed by atoms with E-state index in [9.17, 15) is 4.39 Å². The summed E-state index contributed by atoms with van der Waals surface area (Å²) in [6.45, 7) is 7.45. The van der Waals surface area contributed by atoms with Crippen molar-refractivity contribution in [3.05, 3.63) is 35.1 Å². The Bertz CT molecular complexity index is 496. The molecule has 0 aliphatic carbocycles. The van der Waals surface area contributed by atoms with Gasteiger partial charge in [0.25, 0.3) is 0 Å². The normalized spacial score (nSPS) is 19.6. The van der Waals surface area contributed by atoms with Crippen LogP contribution in [0.25, 0.3) is 0 Å². The van der Waals surface area contributed by atoms with Gasteiger partial charge < -0.3 is 5.73 Å². The molecule has 0 spiro atoms. The first-order valence-corrected chi connectivity index (χ1v) is 7.22. The molecule has 4 heteroatoms. The molecule has 0 bridgehead atoms. The van der Waals surface area contributed by atoms with E-state index in [1.54, 1.807) is 6.07 Å². The van der Waals surface area contributed by atoms with E-state index in [-0.39, 0.29) is 11.7 Å². The number of rotatable bonds is 3. The summed E-state index contributed by atoms with van der Waals surface area (Å²) in [5.41, 5.74) is 7.22. The summed E-state index contributed by atoms with van der Waals surface area (Å²) in [5, 5.41) is 7.43. The highest BCUT2D eigenvalue weighted by molar-refractivity contribution is 5.95. The molecular formula is C16H24FN3. The van der Waals surface area contributed by atoms with Crippen molar-refractivity contribution >= 4 is 5.84 Å². The Morgan fingerprint density at radius 2 is 2.05 bits per heavy atom. The summed E-state index contributed by atoms with van der Waals surface area (Å²) in [4.78, 5) is 2.37. The van der Waals surface area contributed by atoms with E-state index in [1.165, 1.54) is 25.3 Å². The Kier molecular flexibility index (Phi) is 4.43. The van der Waals surface area contributed by atoms with Crippen molar-refractivity contribution in [2.24, 2.45) is 11.1 Å². The molecule has 1 fully saturated rings. The fourth-order valence-corrected chi connectivity index (χ4v) is 2.79. The molecule has 0 unspecified atom stereocenters. The number of nitrogens with one attached hydrogen (secondary N) is 1. The van der Waals surface area contributed by atoms with Gasteiger partial charge in [0.2, 0.25) is 0 Å². The standard InChI is InChI=1S/C16H24FN3/c1-16(2)4-3-6-20(7-5-16)11-12-8-13(15(18)19)10-14(17)9-12/h8-10H,3-7,11H2,1-2H3,(H3,18,19). The van der Waals surface area contributed by atoms with Crippen LogP contribution in [0, 0.1) is 16.6 Å². The van der Waals surface area contributed by atoms with E-state index in [0.717, 1.165) is 25.2 Å². The molecule has 0 radical (unpaired) electrons. The summed E-state index contributed by atoms with van der Waals surface area (Å²) in [5.74, 6) is -0.398. The van der Waals surface area contributed by atoms with E-state index in [1.807, 2.05) is 6.07 Å². The summed E-state index contributed by atoms with van der Waals surface area (Å²) in [6.07, 6.45) is 3.59. The second-order valence-corrected chi connectivity index (χ2v) is 6.56. The molecule has 1 aromatic carbocycles. The van der Waals surface area contributed by atoms with Gasteiger partial charge in [-0.05, 0) is 61.5 Å². The average Bonchev–Trinajstić information content (AvgIpc) is 2.50. The Morgan fingerprint density at radius 1 is 1.30 bits per heavy atom. The molecule has 0 amide bonds. The average molecular weight is 277 g/mol. The molecule has 1 aliphatic rings. The van der Waals surface area contributed by atoms with Crippen molar-refractivity contribution in [1.82, 2.24) is 4.90 Å². The van der Waals surface area contributed by atoms with Crippen LogP contribution in [-0.4, -0.2) is 23.8 Å². The third-order valence-electron chi connectivity index (χ3n) is 4.11. The lowest BCUT2D eigenvalue weighted by Crippen LogP contribution is -2.25. The maximum Gasteiger partial charge on any atom is 0.124 e. The zero-order valence-electron chi connectivity index (χ0n) is 12.4. The van der Waals surface area contributed by atoms with E-state index in [2.05, 4.69) is 18.7 Å². The van der Waals surface area contributed by atoms with E-state index in [4.69, 9.17) is 11.1 Å². The SMILES string of the molecule is CC1(C)CCCN(Cc2cc(F)cc(C(=N)N)c2)CC1. The van der Waals surface area contributed by atoms with Gasteiger partial charge in [0.1, 0.15) is 11.7 Å². The summed E-state index contributed by atoms with van der Waals surface area (Å²) >= 11 is 0. The third kappa shape index (κ3) is 4.04. The highest BCUT2D eigenvalue weighted by Gasteiger charge is 2.23. The first-order valence-electron chi connectivity index (χ1n) is 7.22. The molecule has 2 rings (SSSR count). The highest BCUT2D eigenvalue weighted by Crippen LogP contribution is 2.30. The molecule has 3 nitrogen and oxygen atoms in total. The molecule has 3 N–H and O–H groups in total. The first-order chi connectivity index (χ1) is 9.35. The lowest BCUT2D eigenvalue weighted by molar-refractivity contribution is 0.255. The molecule has 0 saturated carbocycles. The number of nitrogens with two attached hydrogens (primary N) is 1. The van der Waals surface area contributed by atoms with E-state index in [0.29, 0.717) is 11.0 Å². The van der Waals surface area contributed by atoms with Crippen LogP contribution in [0.1, 0.15) is 44.2 Å². The van der Waals surface area contributed by atoms with Gasteiger partial charge in [-0.25, -0.2) is 4.39 Å². The van der Waals surface area contributed by atoms with Crippen LogP contribution in [0.5, 0.6) is 0 Å². The molecular weight excluding hydrogens is 253 g/mol. The zero-order chi connectivity index (χ0) is 14.8. The van der Waals surface area contributed by atoms with Crippen LogP contribution < -0.4 is 5.73 Å². The van der Waals surface area contributed by atoms with Gasteiger partial charge in [-0.2, -0.15) is 0 Å². The molecule has 1 heterocycles. The van der Waals surface area contributed by atoms with Gasteiger partial charge >= 0.3 is 0 Å². The Morgan fingerprint density at radius 3 is 2.75 bits per heavy atom. The van der Waals surface area contributed by atoms with Gasteiger partial charge in [0.05, 0.1) is 0 Å². The Balaban J connectivity index is 2.08. The summed E-state index contributed by atoms with van der Waals surface area (Å²) in [7, 11) is 0. The van der Waals surface area contributed by atoms with Crippen molar-refractivity contribution in [2.75, 3.05) is 13.1 Å². The Hall–Kier alpha value is -1.42. The maximum absolute atomic E-state index is 13.6. The number of likely N-dealkylation sites (tertiary alicyclic amines) is 1. The lowest BCUT2D eigenvalue weighted by atomic mass is 9.85. The second kappa shape index (κ2) is 5.92.